The molecule has 0 fully saturated rings. The molecule has 12 heavy (non-hydrogen) atoms. The minimum absolute atomic E-state index is 0.0245. The number of carboxylic acids is 1. The third kappa shape index (κ3) is 5.74. The van der Waals surface area contributed by atoms with E-state index in [1.165, 1.54) is 11.9 Å². The summed E-state index contributed by atoms with van der Waals surface area (Å²) in [4.78, 5) is 10.5. The molecule has 0 rings (SSSR count). The summed E-state index contributed by atoms with van der Waals surface area (Å²) in [6.45, 7) is 6.05. The molecule has 0 aromatic rings. The highest BCUT2D eigenvalue weighted by Gasteiger charge is 2.18. The van der Waals surface area contributed by atoms with Crippen molar-refractivity contribution in [2.75, 3.05) is 5.75 Å². The lowest BCUT2D eigenvalue weighted by molar-refractivity contribution is -0.138. The van der Waals surface area contributed by atoms with E-state index in [9.17, 15) is 4.79 Å². The van der Waals surface area contributed by atoms with Gasteiger partial charge < -0.3 is 5.11 Å². The maximum absolute atomic E-state index is 10.5. The zero-order valence-electron chi connectivity index (χ0n) is 7.50. The van der Waals surface area contributed by atoms with Crippen LogP contribution in [0.25, 0.3) is 0 Å². The first-order valence-corrected chi connectivity index (χ1v) is 5.09. The molecular formula is C7H15NO2S2. The highest BCUT2D eigenvalue weighted by Crippen LogP contribution is 2.20. The van der Waals surface area contributed by atoms with Gasteiger partial charge in [-0.3, -0.25) is 4.79 Å². The van der Waals surface area contributed by atoms with E-state index in [0.717, 1.165) is 0 Å². The van der Waals surface area contributed by atoms with Gasteiger partial charge in [-0.25, -0.2) is 4.72 Å². The molecule has 0 aromatic heterocycles. The second-order valence-corrected chi connectivity index (χ2v) is 5.44. The minimum atomic E-state index is -0.859. The van der Waals surface area contributed by atoms with E-state index < -0.39 is 12.0 Å². The summed E-state index contributed by atoms with van der Waals surface area (Å²) in [5, 5.41) is 8.65. The van der Waals surface area contributed by atoms with Gasteiger partial charge in [-0.15, -0.1) is 0 Å². The Morgan fingerprint density at radius 1 is 1.67 bits per heavy atom. The number of aliphatic carboxylic acids is 1. The van der Waals surface area contributed by atoms with Gasteiger partial charge in [0.1, 0.15) is 6.04 Å². The van der Waals surface area contributed by atoms with Crippen molar-refractivity contribution < 1.29 is 9.90 Å². The van der Waals surface area contributed by atoms with Crippen LogP contribution in [0, 0.1) is 0 Å². The van der Waals surface area contributed by atoms with Crippen molar-refractivity contribution >= 4 is 30.5 Å². The third-order valence-electron chi connectivity index (χ3n) is 0.988. The van der Waals surface area contributed by atoms with E-state index in [2.05, 4.69) is 17.4 Å². The lowest BCUT2D eigenvalue weighted by Crippen LogP contribution is -2.36. The standard InChI is InChI=1S/C7H15NO2S2/c1-7(2,3)12-8-5(4-11)6(9)10/h5,8,11H,4H2,1-3H3,(H,9,10). The van der Waals surface area contributed by atoms with E-state index in [-0.39, 0.29) is 4.75 Å². The van der Waals surface area contributed by atoms with E-state index in [4.69, 9.17) is 5.11 Å². The first-order chi connectivity index (χ1) is 5.37. The Bertz CT molecular complexity index is 156. The number of rotatable bonds is 4. The minimum Gasteiger partial charge on any atom is -0.480 e. The fourth-order valence-corrected chi connectivity index (χ4v) is 1.46. The van der Waals surface area contributed by atoms with Crippen LogP contribution in [0.1, 0.15) is 20.8 Å². The number of carboxylic acid groups (broad SMARTS) is 1. The van der Waals surface area contributed by atoms with Gasteiger partial charge in [0.2, 0.25) is 0 Å². The van der Waals surface area contributed by atoms with Crippen molar-refractivity contribution in [1.82, 2.24) is 4.72 Å². The van der Waals surface area contributed by atoms with E-state index >= 15 is 0 Å². The quantitative estimate of drug-likeness (QED) is 0.484. The second-order valence-electron chi connectivity index (χ2n) is 3.41. The van der Waals surface area contributed by atoms with Gasteiger partial charge in [-0.2, -0.15) is 12.6 Å². The predicted molar refractivity (Wildman–Crippen MR) is 55.8 cm³/mol. The Morgan fingerprint density at radius 2 is 2.17 bits per heavy atom. The summed E-state index contributed by atoms with van der Waals surface area (Å²) in [5.74, 6) is -0.556. The molecule has 0 aliphatic rings. The molecule has 0 saturated carbocycles. The topological polar surface area (TPSA) is 49.3 Å². The van der Waals surface area contributed by atoms with Gasteiger partial charge in [-0.1, -0.05) is 11.9 Å². The molecule has 0 amide bonds. The van der Waals surface area contributed by atoms with Gasteiger partial charge in [-0.05, 0) is 20.8 Å². The van der Waals surface area contributed by atoms with Crippen molar-refractivity contribution in [3.05, 3.63) is 0 Å². The average Bonchev–Trinajstić information content (AvgIpc) is 1.85. The van der Waals surface area contributed by atoms with Gasteiger partial charge in [0.15, 0.2) is 0 Å². The molecule has 0 aliphatic heterocycles. The summed E-state index contributed by atoms with van der Waals surface area (Å²) in [7, 11) is 0. The molecule has 72 valence electrons. The Morgan fingerprint density at radius 3 is 2.42 bits per heavy atom. The van der Waals surface area contributed by atoms with Crippen LogP contribution < -0.4 is 4.72 Å². The highest BCUT2D eigenvalue weighted by molar-refractivity contribution is 7.98. The molecule has 1 unspecified atom stereocenters. The smallest absolute Gasteiger partial charge is 0.322 e. The average molecular weight is 209 g/mol. The van der Waals surface area contributed by atoms with E-state index in [1.54, 1.807) is 0 Å². The van der Waals surface area contributed by atoms with Gasteiger partial charge in [0.25, 0.3) is 0 Å². The van der Waals surface area contributed by atoms with Crippen LogP contribution in [-0.4, -0.2) is 27.6 Å². The predicted octanol–water partition coefficient (Wildman–Crippen LogP) is 1.41. The second kappa shape index (κ2) is 4.99. The van der Waals surface area contributed by atoms with Crippen molar-refractivity contribution in [2.24, 2.45) is 0 Å². The van der Waals surface area contributed by atoms with Gasteiger partial charge >= 0.3 is 5.97 Å². The lowest BCUT2D eigenvalue weighted by Gasteiger charge is -2.20. The maximum atomic E-state index is 10.5. The van der Waals surface area contributed by atoms with Crippen LogP contribution in [0.4, 0.5) is 0 Å². The number of carbonyl (C=O) groups is 1. The van der Waals surface area contributed by atoms with Crippen LogP contribution in [0.5, 0.6) is 0 Å². The van der Waals surface area contributed by atoms with Gasteiger partial charge in [0.05, 0.1) is 0 Å². The molecule has 0 aromatic carbocycles. The van der Waals surface area contributed by atoms with E-state index in [1.807, 2.05) is 20.8 Å². The zero-order valence-corrected chi connectivity index (χ0v) is 9.21. The SMILES string of the molecule is CC(C)(C)SNC(CS)C(=O)O. The summed E-state index contributed by atoms with van der Waals surface area (Å²) in [6, 6.07) is -0.572. The van der Waals surface area contributed by atoms with Crippen molar-refractivity contribution in [1.29, 1.82) is 0 Å². The monoisotopic (exact) mass is 209 g/mol. The van der Waals surface area contributed by atoms with Crippen molar-refractivity contribution in [3.8, 4) is 0 Å². The molecule has 0 bridgehead atoms. The van der Waals surface area contributed by atoms with Crippen LogP contribution >= 0.6 is 24.6 Å². The fraction of sp³-hybridized carbons (Fsp3) is 0.857. The molecule has 2 N–H and O–H groups in total. The molecular weight excluding hydrogens is 194 g/mol. The summed E-state index contributed by atoms with van der Waals surface area (Å²) >= 11 is 5.34. The summed E-state index contributed by atoms with van der Waals surface area (Å²) in [5.41, 5.74) is 0. The van der Waals surface area contributed by atoms with Gasteiger partial charge in [0, 0.05) is 10.5 Å². The molecule has 0 heterocycles. The Labute approximate surface area is 82.8 Å². The first-order valence-electron chi connectivity index (χ1n) is 3.64. The fourth-order valence-electron chi connectivity index (χ4n) is 0.414. The first kappa shape index (κ1) is 12.1. The van der Waals surface area contributed by atoms with Crippen LogP contribution in [0.15, 0.2) is 0 Å². The Kier molecular flexibility index (Phi) is 5.04. The van der Waals surface area contributed by atoms with Crippen LogP contribution in [-0.2, 0) is 4.79 Å². The molecule has 0 aliphatic carbocycles. The molecule has 0 spiro atoms. The zero-order chi connectivity index (χ0) is 9.78. The van der Waals surface area contributed by atoms with Crippen molar-refractivity contribution in [3.63, 3.8) is 0 Å². The maximum Gasteiger partial charge on any atom is 0.322 e. The van der Waals surface area contributed by atoms with E-state index in [0.29, 0.717) is 5.75 Å². The molecule has 3 nitrogen and oxygen atoms in total. The largest absolute Gasteiger partial charge is 0.480 e. The molecule has 1 atom stereocenters. The number of hydrogen-bond acceptors (Lipinski definition) is 4. The number of thiol groups is 1. The van der Waals surface area contributed by atoms with Crippen molar-refractivity contribution in [2.45, 2.75) is 31.6 Å². The summed E-state index contributed by atoms with van der Waals surface area (Å²) in [6.07, 6.45) is 0. The normalized spacial score (nSPS) is 14.3. The lowest BCUT2D eigenvalue weighted by atomic mass is 10.3. The van der Waals surface area contributed by atoms with Crippen LogP contribution in [0.3, 0.4) is 0 Å². The number of nitrogens with one attached hydrogen (secondary N) is 1. The highest BCUT2D eigenvalue weighted by atomic mass is 32.2. The summed E-state index contributed by atoms with van der Waals surface area (Å²) < 4.78 is 2.87. The molecule has 5 heteroatoms. The van der Waals surface area contributed by atoms with Crippen LogP contribution in [0.2, 0.25) is 0 Å². The Hall–Kier alpha value is 0.130. The molecule has 0 radical (unpaired) electrons. The molecule has 0 saturated heterocycles. The Balaban J connectivity index is 3.81. The number of hydrogen-bond donors (Lipinski definition) is 3. The third-order valence-corrected chi connectivity index (χ3v) is 2.37.